The normalized spacial score (nSPS) is 10.4. The Labute approximate surface area is 145 Å². The number of benzene rings is 2. The number of aryl methyl sites for hydroxylation is 2. The van der Waals surface area contributed by atoms with Crippen LogP contribution in [0.4, 0.5) is 21.7 Å². The molecule has 6 heteroatoms. The zero-order valence-electron chi connectivity index (χ0n) is 13.9. The second-order valence-electron chi connectivity index (χ2n) is 5.64. The standard InChI is InChI=1S/C19H17FN4O/c1-12-11-13(2)22-19(21-12)24-17-7-3-14(4-8-17)18(25)23-16-9-5-15(20)6-10-16/h3-11H,1-2H3,(H,23,25)(H,21,22,24). The molecule has 0 aliphatic rings. The van der Waals surface area contributed by atoms with Crippen LogP contribution in [0, 0.1) is 19.7 Å². The van der Waals surface area contributed by atoms with Gasteiger partial charge in [-0.3, -0.25) is 4.79 Å². The van der Waals surface area contributed by atoms with Crippen molar-refractivity contribution < 1.29 is 9.18 Å². The van der Waals surface area contributed by atoms with Crippen LogP contribution in [0.2, 0.25) is 0 Å². The van der Waals surface area contributed by atoms with Gasteiger partial charge in [0.15, 0.2) is 0 Å². The van der Waals surface area contributed by atoms with Gasteiger partial charge < -0.3 is 10.6 Å². The van der Waals surface area contributed by atoms with Gasteiger partial charge in [0, 0.05) is 28.3 Å². The summed E-state index contributed by atoms with van der Waals surface area (Å²) in [6.07, 6.45) is 0. The molecule has 126 valence electrons. The molecule has 2 aromatic carbocycles. The Bertz CT molecular complexity index is 872. The van der Waals surface area contributed by atoms with Crippen molar-refractivity contribution >= 4 is 23.2 Å². The lowest BCUT2D eigenvalue weighted by atomic mass is 10.2. The van der Waals surface area contributed by atoms with E-state index in [1.807, 2.05) is 19.9 Å². The molecule has 0 aliphatic carbocycles. The number of carbonyl (C=O) groups excluding carboxylic acids is 1. The van der Waals surface area contributed by atoms with Gasteiger partial charge in [0.25, 0.3) is 5.91 Å². The maximum atomic E-state index is 12.9. The van der Waals surface area contributed by atoms with Crippen LogP contribution in [0.5, 0.6) is 0 Å². The first-order valence-corrected chi connectivity index (χ1v) is 7.76. The van der Waals surface area contributed by atoms with Crippen LogP contribution in [-0.4, -0.2) is 15.9 Å². The second kappa shape index (κ2) is 7.09. The molecule has 5 nitrogen and oxygen atoms in total. The van der Waals surface area contributed by atoms with E-state index in [1.165, 1.54) is 24.3 Å². The minimum atomic E-state index is -0.345. The number of nitrogens with zero attached hydrogens (tertiary/aromatic N) is 2. The summed E-state index contributed by atoms with van der Waals surface area (Å²) in [7, 11) is 0. The van der Waals surface area contributed by atoms with E-state index in [0.29, 0.717) is 17.2 Å². The van der Waals surface area contributed by atoms with Crippen molar-refractivity contribution in [2.24, 2.45) is 0 Å². The van der Waals surface area contributed by atoms with E-state index in [4.69, 9.17) is 0 Å². The van der Waals surface area contributed by atoms with E-state index in [-0.39, 0.29) is 11.7 Å². The molecular weight excluding hydrogens is 319 g/mol. The van der Waals surface area contributed by atoms with Crippen molar-refractivity contribution in [3.8, 4) is 0 Å². The van der Waals surface area contributed by atoms with Crippen LogP contribution >= 0.6 is 0 Å². The van der Waals surface area contributed by atoms with Crippen LogP contribution in [0.1, 0.15) is 21.7 Å². The number of anilines is 3. The molecule has 0 spiro atoms. The van der Waals surface area contributed by atoms with Crippen molar-refractivity contribution in [1.29, 1.82) is 0 Å². The molecule has 0 saturated carbocycles. The number of hydrogen-bond donors (Lipinski definition) is 2. The summed E-state index contributed by atoms with van der Waals surface area (Å²) < 4.78 is 12.9. The lowest BCUT2D eigenvalue weighted by Gasteiger charge is -2.08. The van der Waals surface area contributed by atoms with E-state index >= 15 is 0 Å². The molecular formula is C19H17FN4O. The van der Waals surface area contributed by atoms with Crippen molar-refractivity contribution in [3.63, 3.8) is 0 Å². The average Bonchev–Trinajstić information content (AvgIpc) is 2.56. The monoisotopic (exact) mass is 336 g/mol. The maximum absolute atomic E-state index is 12.9. The van der Waals surface area contributed by atoms with Gasteiger partial charge in [-0.2, -0.15) is 0 Å². The summed E-state index contributed by atoms with van der Waals surface area (Å²) in [6, 6.07) is 14.5. The number of carbonyl (C=O) groups is 1. The Kier molecular flexibility index (Phi) is 4.70. The third kappa shape index (κ3) is 4.38. The molecule has 2 N–H and O–H groups in total. The smallest absolute Gasteiger partial charge is 0.255 e. The van der Waals surface area contributed by atoms with Gasteiger partial charge in [-0.05, 0) is 68.4 Å². The summed E-state index contributed by atoms with van der Waals surface area (Å²) in [4.78, 5) is 20.8. The van der Waals surface area contributed by atoms with Gasteiger partial charge in [0.1, 0.15) is 5.82 Å². The largest absolute Gasteiger partial charge is 0.324 e. The van der Waals surface area contributed by atoms with Gasteiger partial charge in [0.2, 0.25) is 5.95 Å². The minimum Gasteiger partial charge on any atom is -0.324 e. The van der Waals surface area contributed by atoms with Crippen LogP contribution < -0.4 is 10.6 Å². The number of rotatable bonds is 4. The molecule has 0 bridgehead atoms. The van der Waals surface area contributed by atoms with E-state index in [1.54, 1.807) is 24.3 Å². The summed E-state index contributed by atoms with van der Waals surface area (Å²) in [5, 5.41) is 5.83. The highest BCUT2D eigenvalue weighted by Crippen LogP contribution is 2.16. The number of hydrogen-bond acceptors (Lipinski definition) is 4. The Morgan fingerprint density at radius 3 is 2.04 bits per heavy atom. The number of nitrogens with one attached hydrogen (secondary N) is 2. The fourth-order valence-electron chi connectivity index (χ4n) is 2.35. The zero-order valence-corrected chi connectivity index (χ0v) is 13.9. The number of amides is 1. The number of halogens is 1. The minimum absolute atomic E-state index is 0.263. The van der Waals surface area contributed by atoms with Crippen LogP contribution in [0.3, 0.4) is 0 Å². The fourth-order valence-corrected chi connectivity index (χ4v) is 2.35. The number of aromatic nitrogens is 2. The SMILES string of the molecule is Cc1cc(C)nc(Nc2ccc(C(=O)Nc3ccc(F)cc3)cc2)n1. The highest BCUT2D eigenvalue weighted by Gasteiger charge is 2.07. The average molecular weight is 336 g/mol. The molecule has 25 heavy (non-hydrogen) atoms. The maximum Gasteiger partial charge on any atom is 0.255 e. The first-order valence-electron chi connectivity index (χ1n) is 7.76. The third-order valence-electron chi connectivity index (χ3n) is 3.49. The lowest BCUT2D eigenvalue weighted by molar-refractivity contribution is 0.102. The van der Waals surface area contributed by atoms with E-state index < -0.39 is 0 Å². The molecule has 0 unspecified atom stereocenters. The Morgan fingerprint density at radius 2 is 1.44 bits per heavy atom. The van der Waals surface area contributed by atoms with Crippen LogP contribution in [0.25, 0.3) is 0 Å². The van der Waals surface area contributed by atoms with Gasteiger partial charge >= 0.3 is 0 Å². The van der Waals surface area contributed by atoms with E-state index in [0.717, 1.165) is 17.1 Å². The molecule has 0 fully saturated rings. The van der Waals surface area contributed by atoms with E-state index in [2.05, 4.69) is 20.6 Å². The Morgan fingerprint density at radius 1 is 0.880 bits per heavy atom. The van der Waals surface area contributed by atoms with Crippen LogP contribution in [-0.2, 0) is 0 Å². The first kappa shape index (κ1) is 16.6. The predicted molar refractivity (Wildman–Crippen MR) is 95.6 cm³/mol. The summed E-state index contributed by atoms with van der Waals surface area (Å²) in [5.74, 6) is -0.0937. The summed E-state index contributed by atoms with van der Waals surface area (Å²) >= 11 is 0. The van der Waals surface area contributed by atoms with Crippen molar-refractivity contribution in [3.05, 3.63) is 77.4 Å². The molecule has 1 amide bonds. The first-order chi connectivity index (χ1) is 12.0. The Hall–Kier alpha value is -3.28. The van der Waals surface area contributed by atoms with Crippen molar-refractivity contribution in [2.75, 3.05) is 10.6 Å². The second-order valence-corrected chi connectivity index (χ2v) is 5.64. The quantitative estimate of drug-likeness (QED) is 0.748. The van der Waals surface area contributed by atoms with Crippen molar-refractivity contribution in [2.45, 2.75) is 13.8 Å². The van der Waals surface area contributed by atoms with Gasteiger partial charge in [-0.25, -0.2) is 14.4 Å². The highest BCUT2D eigenvalue weighted by atomic mass is 19.1. The van der Waals surface area contributed by atoms with E-state index in [9.17, 15) is 9.18 Å². The topological polar surface area (TPSA) is 66.9 Å². The van der Waals surface area contributed by atoms with Crippen molar-refractivity contribution in [1.82, 2.24) is 9.97 Å². The fraction of sp³-hybridized carbons (Fsp3) is 0.105. The molecule has 3 aromatic rings. The molecule has 0 radical (unpaired) electrons. The van der Waals surface area contributed by atoms with Gasteiger partial charge in [-0.15, -0.1) is 0 Å². The Balaban J connectivity index is 1.68. The van der Waals surface area contributed by atoms with Gasteiger partial charge in [0.05, 0.1) is 0 Å². The summed E-state index contributed by atoms with van der Waals surface area (Å²) in [6.45, 7) is 3.81. The molecule has 1 heterocycles. The lowest BCUT2D eigenvalue weighted by Crippen LogP contribution is -2.11. The molecule has 0 atom stereocenters. The zero-order chi connectivity index (χ0) is 17.8. The molecule has 0 aliphatic heterocycles. The van der Waals surface area contributed by atoms with Gasteiger partial charge in [-0.1, -0.05) is 0 Å². The van der Waals surface area contributed by atoms with Crippen LogP contribution in [0.15, 0.2) is 54.6 Å². The molecule has 3 rings (SSSR count). The predicted octanol–water partition coefficient (Wildman–Crippen LogP) is 4.23. The molecule has 1 aromatic heterocycles. The third-order valence-corrected chi connectivity index (χ3v) is 3.49. The summed E-state index contributed by atoms with van der Waals surface area (Å²) in [5.41, 5.74) is 3.58. The molecule has 0 saturated heterocycles. The highest BCUT2D eigenvalue weighted by molar-refractivity contribution is 6.04.